The molecule has 0 saturated carbocycles. The molecule has 1 unspecified atom stereocenters. The van der Waals surface area contributed by atoms with Gasteiger partial charge in [-0.25, -0.2) is 0 Å². The number of carbonyl (C=O) groups excluding carboxylic acids is 1. The number of halogens is 1. The minimum atomic E-state index is -1.50. The van der Waals surface area contributed by atoms with Crippen molar-refractivity contribution in [2.75, 3.05) is 5.75 Å². The number of ether oxygens (including phenoxy) is 1. The summed E-state index contributed by atoms with van der Waals surface area (Å²) in [6.07, 6.45) is 0. The van der Waals surface area contributed by atoms with Crippen LogP contribution in [0.1, 0.15) is 5.56 Å². The van der Waals surface area contributed by atoms with Crippen LogP contribution in [0.3, 0.4) is 0 Å². The van der Waals surface area contributed by atoms with E-state index in [2.05, 4.69) is 15.9 Å². The van der Waals surface area contributed by atoms with Gasteiger partial charge in [0.15, 0.2) is 0 Å². The topological polar surface area (TPSA) is 86.5 Å². The number of nitro groups is 1. The van der Waals surface area contributed by atoms with Crippen LogP contribution >= 0.6 is 15.9 Å². The van der Waals surface area contributed by atoms with E-state index in [0.717, 1.165) is 0 Å². The molecule has 2 aromatic rings. The molecule has 120 valence electrons. The Hall–Kier alpha value is -2.06. The second-order valence-electron chi connectivity index (χ2n) is 4.50. The predicted molar refractivity (Wildman–Crippen MR) is 88.3 cm³/mol. The fraction of sp³-hybridized carbons (Fsp3) is 0.133. The van der Waals surface area contributed by atoms with Crippen molar-refractivity contribution < 1.29 is 18.7 Å². The van der Waals surface area contributed by atoms with Crippen LogP contribution in [0, 0.1) is 10.1 Å². The zero-order chi connectivity index (χ0) is 16.8. The van der Waals surface area contributed by atoms with Crippen LogP contribution in [-0.4, -0.2) is 20.9 Å². The van der Waals surface area contributed by atoms with Gasteiger partial charge in [-0.15, -0.1) is 0 Å². The molecular weight excluding hydrogens is 386 g/mol. The average molecular weight is 398 g/mol. The Morgan fingerprint density at radius 2 is 1.83 bits per heavy atom. The van der Waals surface area contributed by atoms with E-state index in [4.69, 9.17) is 4.74 Å². The van der Waals surface area contributed by atoms with Gasteiger partial charge < -0.3 is 4.74 Å². The van der Waals surface area contributed by atoms with Crippen molar-refractivity contribution in [2.45, 2.75) is 11.5 Å². The monoisotopic (exact) mass is 397 g/mol. The first-order valence-corrected chi connectivity index (χ1v) is 8.60. The van der Waals surface area contributed by atoms with E-state index < -0.39 is 21.7 Å². The van der Waals surface area contributed by atoms with E-state index in [1.807, 2.05) is 0 Å². The van der Waals surface area contributed by atoms with Gasteiger partial charge in [0.2, 0.25) is 0 Å². The molecule has 0 heterocycles. The minimum absolute atomic E-state index is 0.0238. The molecular formula is C15H12BrNO5S. The van der Waals surface area contributed by atoms with Crippen LogP contribution in [0.2, 0.25) is 0 Å². The second-order valence-corrected chi connectivity index (χ2v) is 6.78. The largest absolute Gasteiger partial charge is 0.460 e. The van der Waals surface area contributed by atoms with Crippen LogP contribution in [-0.2, 0) is 26.9 Å². The minimum Gasteiger partial charge on any atom is -0.460 e. The van der Waals surface area contributed by atoms with Crippen LogP contribution in [0.25, 0.3) is 0 Å². The summed E-state index contributed by atoms with van der Waals surface area (Å²) in [5.74, 6) is -0.854. The van der Waals surface area contributed by atoms with Crippen molar-refractivity contribution in [2.24, 2.45) is 0 Å². The van der Waals surface area contributed by atoms with Crippen molar-refractivity contribution in [3.8, 4) is 0 Å². The summed E-state index contributed by atoms with van der Waals surface area (Å²) in [6.45, 7) is -0.0238. The molecule has 2 aromatic carbocycles. The summed E-state index contributed by atoms with van der Waals surface area (Å²) in [6, 6.07) is 12.6. The number of hydrogen-bond donors (Lipinski definition) is 0. The standard InChI is InChI=1S/C15H12BrNO5S/c16-13-3-1-2-4-14(13)23(21)10-15(18)22-9-11-5-7-12(8-6-11)17(19)20/h1-8H,9-10H2. The number of hydrogen-bond acceptors (Lipinski definition) is 5. The third-order valence-electron chi connectivity index (χ3n) is 2.88. The Morgan fingerprint density at radius 3 is 2.43 bits per heavy atom. The highest BCUT2D eigenvalue weighted by Gasteiger charge is 2.14. The Kier molecular flexibility index (Phi) is 6.00. The van der Waals surface area contributed by atoms with Gasteiger partial charge in [0.25, 0.3) is 5.69 Å². The van der Waals surface area contributed by atoms with Gasteiger partial charge in [-0.05, 0) is 45.8 Å². The van der Waals surface area contributed by atoms with Gasteiger partial charge in [-0.2, -0.15) is 0 Å². The lowest BCUT2D eigenvalue weighted by atomic mass is 10.2. The van der Waals surface area contributed by atoms with Crippen molar-refractivity contribution in [1.82, 2.24) is 0 Å². The van der Waals surface area contributed by atoms with E-state index in [1.165, 1.54) is 24.3 Å². The molecule has 6 nitrogen and oxygen atoms in total. The smallest absolute Gasteiger partial charge is 0.319 e. The highest BCUT2D eigenvalue weighted by atomic mass is 79.9. The molecule has 0 N–H and O–H groups in total. The summed E-state index contributed by atoms with van der Waals surface area (Å²) in [5, 5.41) is 10.5. The Morgan fingerprint density at radius 1 is 1.17 bits per heavy atom. The van der Waals surface area contributed by atoms with Gasteiger partial charge in [0.05, 0.1) is 20.6 Å². The summed E-state index contributed by atoms with van der Waals surface area (Å²) >= 11 is 3.28. The Labute approximate surface area is 143 Å². The molecule has 0 aliphatic heterocycles. The number of rotatable bonds is 6. The Balaban J connectivity index is 1.89. The van der Waals surface area contributed by atoms with E-state index in [1.54, 1.807) is 24.3 Å². The second kappa shape index (κ2) is 7.98. The van der Waals surface area contributed by atoms with E-state index in [0.29, 0.717) is 14.9 Å². The fourth-order valence-electron chi connectivity index (χ4n) is 1.73. The van der Waals surface area contributed by atoms with Crippen molar-refractivity contribution >= 4 is 38.4 Å². The third kappa shape index (κ3) is 4.97. The molecule has 0 saturated heterocycles. The highest BCUT2D eigenvalue weighted by Crippen LogP contribution is 2.20. The lowest BCUT2D eigenvalue weighted by Crippen LogP contribution is -2.14. The molecule has 0 aliphatic rings. The summed E-state index contributed by atoms with van der Waals surface area (Å²) in [7, 11) is -1.50. The molecule has 0 bridgehead atoms. The highest BCUT2D eigenvalue weighted by molar-refractivity contribution is 9.10. The number of nitro benzene ring substituents is 1. The normalized spacial score (nSPS) is 11.7. The predicted octanol–water partition coefficient (Wildman–Crippen LogP) is 3.21. The number of non-ortho nitro benzene ring substituents is 1. The van der Waals surface area contributed by atoms with E-state index in [9.17, 15) is 19.1 Å². The lowest BCUT2D eigenvalue weighted by molar-refractivity contribution is -0.384. The van der Waals surface area contributed by atoms with E-state index in [-0.39, 0.29) is 18.0 Å². The fourth-order valence-corrected chi connectivity index (χ4v) is 3.53. The van der Waals surface area contributed by atoms with Crippen LogP contribution in [0.4, 0.5) is 5.69 Å². The summed E-state index contributed by atoms with van der Waals surface area (Å²) < 4.78 is 17.8. The van der Waals surface area contributed by atoms with Crippen molar-refractivity contribution in [3.05, 3.63) is 68.7 Å². The first kappa shape index (κ1) is 17.3. The molecule has 0 spiro atoms. The van der Waals surface area contributed by atoms with Gasteiger partial charge in [0.1, 0.15) is 12.4 Å². The van der Waals surface area contributed by atoms with Crippen molar-refractivity contribution in [1.29, 1.82) is 0 Å². The maximum atomic E-state index is 12.1. The number of benzene rings is 2. The molecule has 0 aromatic heterocycles. The SMILES string of the molecule is O=C(CS(=O)c1ccccc1Br)OCc1ccc([N+](=O)[O-])cc1. The number of nitrogens with zero attached hydrogens (tertiary/aromatic N) is 1. The molecule has 0 radical (unpaired) electrons. The summed E-state index contributed by atoms with van der Waals surface area (Å²) in [4.78, 5) is 22.3. The van der Waals surface area contributed by atoms with Gasteiger partial charge >= 0.3 is 5.97 Å². The van der Waals surface area contributed by atoms with Gasteiger partial charge in [0, 0.05) is 16.6 Å². The molecule has 0 fully saturated rings. The number of esters is 1. The van der Waals surface area contributed by atoms with Gasteiger partial charge in [-0.3, -0.25) is 19.1 Å². The Bertz CT molecular complexity index is 748. The number of carbonyl (C=O) groups is 1. The van der Waals surface area contributed by atoms with Crippen LogP contribution in [0.5, 0.6) is 0 Å². The quantitative estimate of drug-likeness (QED) is 0.424. The first-order valence-electron chi connectivity index (χ1n) is 6.49. The van der Waals surface area contributed by atoms with Crippen molar-refractivity contribution in [3.63, 3.8) is 0 Å². The first-order chi connectivity index (χ1) is 11.0. The maximum Gasteiger partial charge on any atom is 0.319 e. The molecule has 8 heteroatoms. The summed E-state index contributed by atoms with van der Waals surface area (Å²) in [5.41, 5.74) is 0.589. The van der Waals surface area contributed by atoms with E-state index >= 15 is 0 Å². The third-order valence-corrected chi connectivity index (χ3v) is 5.18. The molecule has 2 rings (SSSR count). The molecule has 0 amide bonds. The van der Waals surface area contributed by atoms with Crippen LogP contribution < -0.4 is 0 Å². The molecule has 1 atom stereocenters. The lowest BCUT2D eigenvalue weighted by Gasteiger charge is -2.06. The molecule has 0 aliphatic carbocycles. The van der Waals surface area contributed by atoms with Gasteiger partial charge in [-0.1, -0.05) is 12.1 Å². The zero-order valence-corrected chi connectivity index (χ0v) is 14.2. The maximum absolute atomic E-state index is 12.1. The zero-order valence-electron chi connectivity index (χ0n) is 11.8. The van der Waals surface area contributed by atoms with Crippen LogP contribution in [0.15, 0.2) is 57.9 Å². The molecule has 23 heavy (non-hydrogen) atoms. The average Bonchev–Trinajstić information content (AvgIpc) is 2.53.